The lowest BCUT2D eigenvalue weighted by Crippen LogP contribution is -2.10. The van der Waals surface area contributed by atoms with Gasteiger partial charge in [0.1, 0.15) is 0 Å². The number of rotatable bonds is 7. The van der Waals surface area contributed by atoms with E-state index in [2.05, 4.69) is 27.7 Å². The Kier molecular flexibility index (Phi) is 6.59. The molecule has 0 N–H and O–H groups in total. The van der Waals surface area contributed by atoms with Crippen LogP contribution in [0.25, 0.3) is 0 Å². The maximum absolute atomic E-state index is 9.85. The fraction of sp³-hybridized carbons (Fsp3) is 0.400. The lowest BCUT2D eigenvalue weighted by Gasteiger charge is -2.08. The van der Waals surface area contributed by atoms with Crippen LogP contribution in [0.15, 0.2) is 35.4 Å². The molecular formula is C10H12BINO2. The molecule has 1 radical (unpaired) electrons. The highest BCUT2D eigenvalue weighted by Crippen LogP contribution is 2.08. The molecule has 1 unspecified atom stereocenters. The second kappa shape index (κ2) is 7.81. The van der Waals surface area contributed by atoms with Gasteiger partial charge in [-0.25, -0.2) is 0 Å². The van der Waals surface area contributed by atoms with Gasteiger partial charge < -0.3 is 4.74 Å². The summed E-state index contributed by atoms with van der Waals surface area (Å²) in [4.78, 5) is 9.85. The Bertz CT molecular complexity index is 284. The minimum atomic E-state index is 0.309. The maximum Gasteiger partial charge on any atom is 0.338 e. The molecular weight excluding hydrogens is 304 g/mol. The van der Waals surface area contributed by atoms with Gasteiger partial charge in [-0.15, -0.1) is 5.09 Å². The predicted molar refractivity (Wildman–Crippen MR) is 70.3 cm³/mol. The average Bonchev–Trinajstić information content (AvgIpc) is 2.28. The van der Waals surface area contributed by atoms with E-state index >= 15 is 0 Å². The normalized spacial score (nSPS) is 12.1. The molecule has 0 spiro atoms. The number of halogens is 1. The summed E-state index contributed by atoms with van der Waals surface area (Å²) in [5.74, 6) is 0. The van der Waals surface area contributed by atoms with E-state index in [9.17, 15) is 4.91 Å². The van der Waals surface area contributed by atoms with Gasteiger partial charge in [0.25, 0.3) is 0 Å². The molecule has 0 amide bonds. The zero-order chi connectivity index (χ0) is 10.9. The molecule has 0 aromatic heterocycles. The van der Waals surface area contributed by atoms with Crippen LogP contribution in [0.1, 0.15) is 5.56 Å². The molecule has 1 atom stereocenters. The van der Waals surface area contributed by atoms with E-state index in [4.69, 9.17) is 4.74 Å². The molecule has 1 aromatic rings. The van der Waals surface area contributed by atoms with Crippen LogP contribution >= 0.6 is 22.6 Å². The fourth-order valence-electron chi connectivity index (χ4n) is 1.10. The first kappa shape index (κ1) is 12.6. The van der Waals surface area contributed by atoms with Gasteiger partial charge in [0.2, 0.25) is 0 Å². The quantitative estimate of drug-likeness (QED) is 0.336. The molecule has 1 rings (SSSR count). The topological polar surface area (TPSA) is 38.7 Å². The van der Waals surface area contributed by atoms with Crippen molar-refractivity contribution >= 4 is 30.0 Å². The van der Waals surface area contributed by atoms with Crippen LogP contribution in [0, 0.1) is 4.91 Å². The Balaban J connectivity index is 2.13. The van der Waals surface area contributed by atoms with Gasteiger partial charge in [0.05, 0.1) is 13.2 Å². The van der Waals surface area contributed by atoms with Crippen LogP contribution in [0.4, 0.5) is 0 Å². The third kappa shape index (κ3) is 5.89. The van der Waals surface area contributed by atoms with Crippen LogP contribution in [-0.2, 0) is 11.3 Å². The van der Waals surface area contributed by atoms with Crippen LogP contribution in [0.2, 0.25) is 6.32 Å². The SMILES string of the molecule is O=N[B]CC(I)COCc1ccccc1. The van der Waals surface area contributed by atoms with Crippen LogP contribution < -0.4 is 0 Å². The second-order valence-corrected chi connectivity index (χ2v) is 4.88. The summed E-state index contributed by atoms with van der Waals surface area (Å²) in [6, 6.07) is 10.0. The minimum absolute atomic E-state index is 0.309. The first-order valence-corrected chi connectivity index (χ1v) is 5.97. The number of hydrogen-bond donors (Lipinski definition) is 0. The van der Waals surface area contributed by atoms with Gasteiger partial charge >= 0.3 is 7.41 Å². The molecule has 0 saturated carbocycles. The van der Waals surface area contributed by atoms with Gasteiger partial charge in [0, 0.05) is 3.92 Å². The standard InChI is InChI=1S/C10H12BINO2/c12-10(6-11-13-14)8-15-7-9-4-2-1-3-5-9/h1-5,10H,6-8H2. The highest BCUT2D eigenvalue weighted by atomic mass is 127. The van der Waals surface area contributed by atoms with E-state index in [1.54, 1.807) is 0 Å². The van der Waals surface area contributed by atoms with Crippen molar-refractivity contribution in [2.45, 2.75) is 16.9 Å². The Morgan fingerprint density at radius 3 is 2.80 bits per heavy atom. The van der Waals surface area contributed by atoms with E-state index in [0.29, 0.717) is 23.5 Å². The molecule has 3 nitrogen and oxygen atoms in total. The molecule has 0 aliphatic carbocycles. The Morgan fingerprint density at radius 2 is 2.13 bits per heavy atom. The summed E-state index contributed by atoms with van der Waals surface area (Å²) in [5, 5.41) is 2.71. The Labute approximate surface area is 104 Å². The molecule has 0 saturated heterocycles. The van der Waals surface area contributed by atoms with Crippen molar-refractivity contribution in [1.29, 1.82) is 0 Å². The summed E-state index contributed by atoms with van der Waals surface area (Å²) in [6.07, 6.45) is 0.666. The minimum Gasteiger partial charge on any atom is -0.376 e. The molecule has 15 heavy (non-hydrogen) atoms. The lowest BCUT2D eigenvalue weighted by atomic mass is 9.89. The molecule has 79 valence electrons. The number of nitrogens with zero attached hydrogens (tertiary/aromatic N) is 1. The first-order valence-electron chi connectivity index (χ1n) is 4.73. The van der Waals surface area contributed by atoms with Crippen molar-refractivity contribution in [1.82, 2.24) is 0 Å². The maximum atomic E-state index is 9.85. The third-order valence-corrected chi connectivity index (χ3v) is 2.71. The zero-order valence-electron chi connectivity index (χ0n) is 8.30. The number of ether oxygens (including phenoxy) is 1. The highest BCUT2D eigenvalue weighted by Gasteiger charge is 2.05. The van der Waals surface area contributed by atoms with Crippen molar-refractivity contribution in [3.8, 4) is 0 Å². The van der Waals surface area contributed by atoms with Crippen molar-refractivity contribution in [3.63, 3.8) is 0 Å². The van der Waals surface area contributed by atoms with E-state index in [1.807, 2.05) is 30.3 Å². The molecule has 0 aliphatic rings. The molecule has 0 aliphatic heterocycles. The van der Waals surface area contributed by atoms with E-state index in [0.717, 1.165) is 0 Å². The summed E-state index contributed by atoms with van der Waals surface area (Å²) >= 11 is 2.25. The number of alkyl halides is 1. The van der Waals surface area contributed by atoms with Crippen molar-refractivity contribution in [2.75, 3.05) is 6.61 Å². The lowest BCUT2D eigenvalue weighted by molar-refractivity contribution is 0.127. The molecule has 0 bridgehead atoms. The average molecular weight is 316 g/mol. The molecule has 5 heteroatoms. The van der Waals surface area contributed by atoms with Gasteiger partial charge in [-0.1, -0.05) is 52.9 Å². The number of nitroso groups, excluding NO2 is 1. The van der Waals surface area contributed by atoms with E-state index in [1.165, 1.54) is 13.0 Å². The van der Waals surface area contributed by atoms with Gasteiger partial charge in [-0.3, -0.25) is 0 Å². The van der Waals surface area contributed by atoms with Crippen LogP contribution in [0.5, 0.6) is 0 Å². The van der Waals surface area contributed by atoms with Crippen molar-refractivity contribution in [2.24, 2.45) is 5.09 Å². The zero-order valence-corrected chi connectivity index (χ0v) is 10.5. The second-order valence-electron chi connectivity index (χ2n) is 3.12. The summed E-state index contributed by atoms with van der Waals surface area (Å²) in [6.45, 7) is 1.26. The fourth-order valence-corrected chi connectivity index (χ4v) is 1.59. The van der Waals surface area contributed by atoms with Crippen LogP contribution in [-0.4, -0.2) is 17.9 Å². The van der Waals surface area contributed by atoms with Gasteiger partial charge in [0.15, 0.2) is 0 Å². The summed E-state index contributed by atoms with van der Waals surface area (Å²) in [7, 11) is 1.38. The smallest absolute Gasteiger partial charge is 0.338 e. The molecule has 0 fully saturated rings. The number of hydrogen-bond acceptors (Lipinski definition) is 3. The summed E-state index contributed by atoms with van der Waals surface area (Å²) < 4.78 is 5.82. The van der Waals surface area contributed by atoms with Gasteiger partial charge in [-0.2, -0.15) is 4.91 Å². The van der Waals surface area contributed by atoms with Gasteiger partial charge in [-0.05, 0) is 11.9 Å². The Morgan fingerprint density at radius 1 is 1.40 bits per heavy atom. The van der Waals surface area contributed by atoms with Crippen molar-refractivity contribution < 1.29 is 4.74 Å². The van der Waals surface area contributed by atoms with Crippen molar-refractivity contribution in [3.05, 3.63) is 40.8 Å². The monoisotopic (exact) mass is 316 g/mol. The third-order valence-electron chi connectivity index (χ3n) is 1.85. The van der Waals surface area contributed by atoms with Crippen LogP contribution in [0.3, 0.4) is 0 Å². The predicted octanol–water partition coefficient (Wildman–Crippen LogP) is 2.81. The number of benzene rings is 1. The summed E-state index contributed by atoms with van der Waals surface area (Å²) in [5.41, 5.74) is 1.17. The van der Waals surface area contributed by atoms with E-state index in [-0.39, 0.29) is 0 Å². The van der Waals surface area contributed by atoms with E-state index < -0.39 is 0 Å². The highest BCUT2D eigenvalue weighted by molar-refractivity contribution is 14.1. The first-order chi connectivity index (χ1) is 7.33. The largest absolute Gasteiger partial charge is 0.376 e. The Hall–Kier alpha value is -0.425. The molecule has 0 heterocycles. The molecule has 1 aromatic carbocycles.